The zero-order chi connectivity index (χ0) is 20.4. The van der Waals surface area contributed by atoms with Crippen molar-refractivity contribution in [2.75, 3.05) is 12.3 Å². The Hall–Kier alpha value is -1.64. The molecule has 0 saturated carbocycles. The normalized spacial score (nSPS) is 25.9. The summed E-state index contributed by atoms with van der Waals surface area (Å²) in [5.41, 5.74) is 6.44. The van der Waals surface area contributed by atoms with Crippen molar-refractivity contribution in [2.24, 2.45) is 0 Å². The van der Waals surface area contributed by atoms with Crippen LogP contribution in [0.2, 0.25) is 0 Å². The molecule has 0 spiro atoms. The number of nitrogen functional groups attached to an aromatic ring is 1. The van der Waals surface area contributed by atoms with Crippen LogP contribution in [0.3, 0.4) is 0 Å². The van der Waals surface area contributed by atoms with Gasteiger partial charge in [0.2, 0.25) is 0 Å². The second-order valence-electron chi connectivity index (χ2n) is 5.12. The van der Waals surface area contributed by atoms with E-state index in [0.717, 1.165) is 0 Å². The van der Waals surface area contributed by atoms with Crippen molar-refractivity contribution in [1.82, 2.24) is 19.5 Å². The maximum Gasteiger partial charge on any atom is 0.705 e. The Bertz CT molecular complexity index is 858. The van der Waals surface area contributed by atoms with E-state index in [1.807, 2.05) is 0 Å². The standard InChI is InChI=1S/C10H13N5O4.H2O6P2/c11-8-5-9(13-2-12-8)15(3-14-5)10-7(18)6(17)4(1-16)19-10;1-7(2)6-8(3,4)5/h2-4,6-7,10,16-18H,1H2,(H2,11,12,13);(H2-,1,2,3,4,5)/p+1/t4-,6-,7-,10-;/m1./s1. The van der Waals surface area contributed by atoms with Crippen LogP contribution in [0, 0.1) is 0 Å². The van der Waals surface area contributed by atoms with E-state index < -0.39 is 47.2 Å². The lowest BCUT2D eigenvalue weighted by Crippen LogP contribution is -2.33. The molecule has 3 heterocycles. The van der Waals surface area contributed by atoms with Gasteiger partial charge in [-0.05, 0) is 4.31 Å². The number of phosphoric acid groups is 1. The monoisotopic (exact) mass is 428 g/mol. The molecule has 3 rings (SSSR count). The quantitative estimate of drug-likeness (QED) is 0.255. The van der Waals surface area contributed by atoms with Gasteiger partial charge >= 0.3 is 16.1 Å². The van der Waals surface area contributed by atoms with Crippen LogP contribution in [0.15, 0.2) is 12.7 Å². The van der Waals surface area contributed by atoms with Crippen LogP contribution >= 0.6 is 16.1 Å². The summed E-state index contributed by atoms with van der Waals surface area (Å²) in [7, 11) is -7.96. The van der Waals surface area contributed by atoms with E-state index in [0.29, 0.717) is 11.2 Å². The van der Waals surface area contributed by atoms with Crippen LogP contribution in [0.1, 0.15) is 6.23 Å². The molecule has 8 N–H and O–H groups in total. The highest BCUT2D eigenvalue weighted by atomic mass is 31.2. The second-order valence-corrected chi connectivity index (χ2v) is 7.23. The van der Waals surface area contributed by atoms with E-state index in [4.69, 9.17) is 30.3 Å². The number of imidazole rings is 1. The van der Waals surface area contributed by atoms with Gasteiger partial charge in [-0.15, -0.1) is 4.89 Å². The number of aromatic nitrogens is 4. The number of rotatable bonds is 4. The van der Waals surface area contributed by atoms with Gasteiger partial charge in [-0.25, -0.2) is 19.5 Å². The molecular weight excluding hydrogens is 412 g/mol. The second kappa shape index (κ2) is 8.58. The lowest BCUT2D eigenvalue weighted by molar-refractivity contribution is -0.0511. The Morgan fingerprint density at radius 1 is 1.30 bits per heavy atom. The molecule has 150 valence electrons. The van der Waals surface area contributed by atoms with Crippen LogP contribution in [0.5, 0.6) is 0 Å². The van der Waals surface area contributed by atoms with E-state index in [9.17, 15) is 19.3 Å². The van der Waals surface area contributed by atoms with Crippen molar-refractivity contribution in [2.45, 2.75) is 24.5 Å². The summed E-state index contributed by atoms with van der Waals surface area (Å²) >= 11 is 0. The molecule has 27 heavy (non-hydrogen) atoms. The number of aliphatic hydroxyl groups is 3. The number of nitrogens with two attached hydrogens (primary N) is 1. The third-order valence-electron chi connectivity index (χ3n) is 3.35. The average molecular weight is 428 g/mol. The van der Waals surface area contributed by atoms with Crippen molar-refractivity contribution in [3.8, 4) is 0 Å². The van der Waals surface area contributed by atoms with Crippen molar-refractivity contribution in [3.63, 3.8) is 0 Å². The fourth-order valence-corrected chi connectivity index (χ4v) is 2.98. The van der Waals surface area contributed by atoms with Crippen LogP contribution in [-0.2, 0) is 18.2 Å². The Morgan fingerprint density at radius 3 is 2.44 bits per heavy atom. The number of nitrogens with zero attached hydrogens (tertiary/aromatic N) is 4. The Morgan fingerprint density at radius 2 is 1.96 bits per heavy atom. The van der Waals surface area contributed by atoms with E-state index in [1.165, 1.54) is 17.2 Å². The van der Waals surface area contributed by atoms with Crippen LogP contribution in [-0.4, -0.2) is 74.4 Å². The number of anilines is 1. The molecule has 1 aliphatic rings. The van der Waals surface area contributed by atoms with Crippen molar-refractivity contribution < 1.29 is 48.2 Å². The summed E-state index contributed by atoms with van der Waals surface area (Å²) in [6.07, 6.45) is -1.42. The fourth-order valence-electron chi connectivity index (χ4n) is 2.26. The molecule has 15 nitrogen and oxygen atoms in total. The van der Waals surface area contributed by atoms with Gasteiger partial charge in [-0.1, -0.05) is 0 Å². The van der Waals surface area contributed by atoms with Gasteiger partial charge in [0.25, 0.3) is 0 Å². The molecule has 5 atom stereocenters. The first-order chi connectivity index (χ1) is 12.5. The molecule has 0 amide bonds. The highest BCUT2D eigenvalue weighted by Crippen LogP contribution is 2.45. The van der Waals surface area contributed by atoms with Gasteiger partial charge in [-0.3, -0.25) is 4.57 Å². The zero-order valence-electron chi connectivity index (χ0n) is 13.2. The van der Waals surface area contributed by atoms with Crippen molar-refractivity contribution in [1.29, 1.82) is 0 Å². The first-order valence-electron chi connectivity index (χ1n) is 7.02. The van der Waals surface area contributed by atoms with Gasteiger partial charge in [0.1, 0.15) is 30.2 Å². The Labute approximate surface area is 151 Å². The Kier molecular flexibility index (Phi) is 6.88. The molecule has 1 aliphatic heterocycles. The highest BCUT2D eigenvalue weighted by Gasteiger charge is 2.43. The SMILES string of the molecule is Nc1ncnc2c1ncn2[C@@H]1O[C@H](CO)[C@@H](O)[C@H]1O.O=[P+](O)OP(=O)(O)O. The summed E-state index contributed by atoms with van der Waals surface area (Å²) in [4.78, 5) is 35.0. The van der Waals surface area contributed by atoms with Crippen molar-refractivity contribution >= 4 is 33.1 Å². The maximum absolute atomic E-state index is 9.95. The lowest BCUT2D eigenvalue weighted by Gasteiger charge is -2.16. The predicted molar refractivity (Wildman–Crippen MR) is 85.7 cm³/mol. The predicted octanol–water partition coefficient (Wildman–Crippen LogP) is -2.23. The molecule has 17 heteroatoms. The van der Waals surface area contributed by atoms with E-state index >= 15 is 0 Å². The molecular formula is C10H16N5O10P2+. The lowest BCUT2D eigenvalue weighted by atomic mass is 10.1. The first-order valence-corrected chi connectivity index (χ1v) is 9.68. The van der Waals surface area contributed by atoms with Crippen LogP contribution in [0.4, 0.5) is 5.82 Å². The van der Waals surface area contributed by atoms with Gasteiger partial charge in [0.15, 0.2) is 17.7 Å². The summed E-state index contributed by atoms with van der Waals surface area (Å²) < 4.78 is 29.0. The third kappa shape index (κ3) is 5.21. The smallest absolute Gasteiger partial charge is 0.394 e. The number of aliphatic hydroxyl groups excluding tert-OH is 3. The van der Waals surface area contributed by atoms with E-state index in [-0.39, 0.29) is 5.82 Å². The molecule has 2 aromatic heterocycles. The maximum atomic E-state index is 9.95. The van der Waals surface area contributed by atoms with Gasteiger partial charge in [-0.2, -0.15) is 0 Å². The number of fused-ring (bicyclic) bond motifs is 1. The topological polar surface area (TPSA) is 244 Å². The summed E-state index contributed by atoms with van der Waals surface area (Å²) in [5, 5.41) is 28.7. The molecule has 0 bridgehead atoms. The third-order valence-corrected chi connectivity index (χ3v) is 4.76. The average Bonchev–Trinajstić information content (AvgIpc) is 3.09. The van der Waals surface area contributed by atoms with Crippen LogP contribution < -0.4 is 5.73 Å². The van der Waals surface area contributed by atoms with Crippen LogP contribution in [0.25, 0.3) is 11.2 Å². The summed E-state index contributed by atoms with van der Waals surface area (Å²) in [6, 6.07) is 0. The first kappa shape index (κ1) is 21.7. The number of ether oxygens (including phenoxy) is 1. The number of hydrogen-bond donors (Lipinski definition) is 7. The largest absolute Gasteiger partial charge is 0.705 e. The van der Waals surface area contributed by atoms with E-state index in [1.54, 1.807) is 0 Å². The minimum Gasteiger partial charge on any atom is -0.394 e. The number of hydrogen-bond acceptors (Lipinski definition) is 11. The highest BCUT2D eigenvalue weighted by molar-refractivity contribution is 7.54. The van der Waals surface area contributed by atoms with Gasteiger partial charge < -0.3 is 35.6 Å². The molecule has 1 unspecified atom stereocenters. The summed E-state index contributed by atoms with van der Waals surface area (Å²) in [5.74, 6) is 0.218. The molecule has 2 aromatic rings. The van der Waals surface area contributed by atoms with E-state index in [2.05, 4.69) is 19.3 Å². The zero-order valence-corrected chi connectivity index (χ0v) is 15.0. The minimum absolute atomic E-state index is 0.218. The molecule has 1 fully saturated rings. The summed E-state index contributed by atoms with van der Waals surface area (Å²) in [6.45, 7) is -0.390. The molecule has 0 aliphatic carbocycles. The molecule has 0 aromatic carbocycles. The fraction of sp³-hybridized carbons (Fsp3) is 0.500. The van der Waals surface area contributed by atoms with Gasteiger partial charge in [0, 0.05) is 4.57 Å². The Balaban J connectivity index is 0.000000279. The molecule has 0 radical (unpaired) electrons. The van der Waals surface area contributed by atoms with Crippen molar-refractivity contribution in [3.05, 3.63) is 12.7 Å². The molecule has 1 saturated heterocycles. The minimum atomic E-state index is -4.76. The van der Waals surface area contributed by atoms with Gasteiger partial charge in [0.05, 0.1) is 12.9 Å².